The van der Waals surface area contributed by atoms with Crippen LogP contribution in [-0.4, -0.2) is 0 Å². The van der Waals surface area contributed by atoms with Gasteiger partial charge in [-0.15, -0.1) is 0 Å². The van der Waals surface area contributed by atoms with E-state index in [0.717, 1.165) is 67.7 Å². The molecule has 6 rings (SSSR count). The lowest BCUT2D eigenvalue weighted by molar-refractivity contribution is -0.138. The first-order chi connectivity index (χ1) is 17.1. The Kier molecular flexibility index (Phi) is 4.80. The van der Waals surface area contributed by atoms with Crippen molar-refractivity contribution in [3.8, 4) is 22.3 Å². The van der Waals surface area contributed by atoms with Gasteiger partial charge in [-0.3, -0.25) is 0 Å². The van der Waals surface area contributed by atoms with Crippen molar-refractivity contribution in [3.05, 3.63) is 108 Å². The van der Waals surface area contributed by atoms with E-state index in [1.807, 2.05) is 48.5 Å². The smallest absolute Gasteiger partial charge is 0.166 e. The standard InChI is InChI=1S/C30H16F6/c31-29(32,33)21-11-7-17(8-12-21)25-15-19-3-1-4-20-16-26(18-9-13-22(14-10-18)30(34,35)36)24-6-2-5-23(25)28(24)27(19)20/h1-16H. The molecule has 6 aromatic rings. The third kappa shape index (κ3) is 3.56. The molecule has 0 saturated heterocycles. The van der Waals surface area contributed by atoms with Crippen LogP contribution in [0.1, 0.15) is 11.1 Å². The van der Waals surface area contributed by atoms with Gasteiger partial charge in [0.2, 0.25) is 0 Å². The number of rotatable bonds is 2. The molecule has 0 spiro atoms. The predicted octanol–water partition coefficient (Wildman–Crippen LogP) is 9.96. The summed E-state index contributed by atoms with van der Waals surface area (Å²) in [5.41, 5.74) is 1.45. The maximum Gasteiger partial charge on any atom is 0.416 e. The van der Waals surface area contributed by atoms with Gasteiger partial charge in [-0.25, -0.2) is 0 Å². The Bertz CT molecular complexity index is 1600. The molecule has 0 aromatic heterocycles. The number of hydrogen-bond acceptors (Lipinski definition) is 0. The summed E-state index contributed by atoms with van der Waals surface area (Å²) in [4.78, 5) is 0. The minimum Gasteiger partial charge on any atom is -0.166 e. The first-order valence-corrected chi connectivity index (χ1v) is 11.2. The van der Waals surface area contributed by atoms with Crippen molar-refractivity contribution in [2.24, 2.45) is 0 Å². The highest BCUT2D eigenvalue weighted by Gasteiger charge is 2.31. The monoisotopic (exact) mass is 490 g/mol. The van der Waals surface area contributed by atoms with Crippen LogP contribution in [0.5, 0.6) is 0 Å². The van der Waals surface area contributed by atoms with Crippen LogP contribution < -0.4 is 0 Å². The Morgan fingerprint density at radius 1 is 0.417 bits per heavy atom. The molecule has 0 bridgehead atoms. The SMILES string of the molecule is FC(F)(F)c1ccc(-c2cc3cccc4cc(-c5ccc(C(F)(F)F)cc5)c5cccc2c5c34)cc1. The normalized spacial score (nSPS) is 12.7. The molecular formula is C30H16F6. The van der Waals surface area contributed by atoms with E-state index in [1.54, 1.807) is 0 Å². The van der Waals surface area contributed by atoms with E-state index in [9.17, 15) is 26.3 Å². The topological polar surface area (TPSA) is 0 Å². The quantitative estimate of drug-likeness (QED) is 0.167. The molecule has 0 radical (unpaired) electrons. The molecular weight excluding hydrogens is 474 g/mol. The van der Waals surface area contributed by atoms with E-state index in [-0.39, 0.29) is 0 Å². The van der Waals surface area contributed by atoms with E-state index < -0.39 is 23.5 Å². The Hall–Kier alpha value is -4.06. The highest BCUT2D eigenvalue weighted by molar-refractivity contribution is 6.29. The predicted molar refractivity (Wildman–Crippen MR) is 131 cm³/mol. The lowest BCUT2D eigenvalue weighted by Crippen LogP contribution is -2.04. The van der Waals surface area contributed by atoms with Gasteiger partial charge in [0.1, 0.15) is 0 Å². The molecule has 0 N–H and O–H groups in total. The van der Waals surface area contributed by atoms with Crippen LogP contribution in [0.4, 0.5) is 26.3 Å². The summed E-state index contributed by atoms with van der Waals surface area (Å²) in [6.07, 6.45) is -8.84. The van der Waals surface area contributed by atoms with Crippen LogP contribution in [0.2, 0.25) is 0 Å². The molecule has 36 heavy (non-hydrogen) atoms. The second-order valence-electron chi connectivity index (χ2n) is 8.81. The van der Waals surface area contributed by atoms with Gasteiger partial charge in [-0.05, 0) is 91.0 Å². The molecule has 0 atom stereocenters. The molecule has 0 unspecified atom stereocenters. The van der Waals surface area contributed by atoms with Gasteiger partial charge in [-0.2, -0.15) is 26.3 Å². The molecule has 0 heterocycles. The van der Waals surface area contributed by atoms with Crippen molar-refractivity contribution >= 4 is 32.3 Å². The molecule has 0 aliphatic rings. The number of hydrogen-bond donors (Lipinski definition) is 0. The van der Waals surface area contributed by atoms with Crippen molar-refractivity contribution in [1.82, 2.24) is 0 Å². The summed E-state index contributed by atoms with van der Waals surface area (Å²) in [6, 6.07) is 25.7. The van der Waals surface area contributed by atoms with Gasteiger partial charge >= 0.3 is 12.4 Å². The number of benzene rings is 6. The summed E-state index contributed by atoms with van der Waals surface area (Å²) in [5.74, 6) is 0. The van der Waals surface area contributed by atoms with Gasteiger partial charge < -0.3 is 0 Å². The second kappa shape index (κ2) is 7.72. The van der Waals surface area contributed by atoms with Gasteiger partial charge in [0.05, 0.1) is 11.1 Å². The van der Waals surface area contributed by atoms with Crippen LogP contribution in [0.25, 0.3) is 54.6 Å². The molecule has 178 valence electrons. The van der Waals surface area contributed by atoms with Crippen molar-refractivity contribution in [3.63, 3.8) is 0 Å². The van der Waals surface area contributed by atoms with Crippen LogP contribution in [0.3, 0.4) is 0 Å². The average Bonchev–Trinajstić information content (AvgIpc) is 2.86. The third-order valence-electron chi connectivity index (χ3n) is 6.67. The lowest BCUT2D eigenvalue weighted by atomic mass is 9.85. The van der Waals surface area contributed by atoms with Crippen molar-refractivity contribution < 1.29 is 26.3 Å². The number of alkyl halides is 6. The van der Waals surface area contributed by atoms with Crippen LogP contribution in [-0.2, 0) is 12.4 Å². The van der Waals surface area contributed by atoms with Gasteiger partial charge in [0.15, 0.2) is 0 Å². The fourth-order valence-electron chi connectivity index (χ4n) is 5.01. The highest BCUT2D eigenvalue weighted by atomic mass is 19.4. The maximum atomic E-state index is 13.1. The Balaban J connectivity index is 1.63. The van der Waals surface area contributed by atoms with Gasteiger partial charge in [0.25, 0.3) is 0 Å². The molecule has 0 saturated carbocycles. The first-order valence-electron chi connectivity index (χ1n) is 11.2. The van der Waals surface area contributed by atoms with E-state index in [2.05, 4.69) is 0 Å². The zero-order valence-electron chi connectivity index (χ0n) is 18.5. The third-order valence-corrected chi connectivity index (χ3v) is 6.67. The average molecular weight is 490 g/mol. The van der Waals surface area contributed by atoms with E-state index in [4.69, 9.17) is 0 Å². The zero-order chi connectivity index (χ0) is 25.2. The first kappa shape index (κ1) is 22.4. The highest BCUT2D eigenvalue weighted by Crippen LogP contribution is 2.44. The maximum absolute atomic E-state index is 13.1. The minimum atomic E-state index is -4.42. The molecule has 0 amide bonds. The van der Waals surface area contributed by atoms with Gasteiger partial charge in [0, 0.05) is 0 Å². The fraction of sp³-hybridized carbons (Fsp3) is 0.0667. The summed E-state index contributed by atoms with van der Waals surface area (Å²) >= 11 is 0. The summed E-state index contributed by atoms with van der Waals surface area (Å²) in [7, 11) is 0. The molecule has 6 heteroatoms. The summed E-state index contributed by atoms with van der Waals surface area (Å²) in [6.45, 7) is 0. The Morgan fingerprint density at radius 3 is 1.19 bits per heavy atom. The molecule has 6 aromatic carbocycles. The fourth-order valence-corrected chi connectivity index (χ4v) is 5.01. The molecule has 0 fully saturated rings. The summed E-state index contributed by atoms with van der Waals surface area (Å²) in [5, 5.41) is 5.54. The minimum absolute atomic E-state index is 0.651. The number of halogens is 6. The second-order valence-corrected chi connectivity index (χ2v) is 8.81. The lowest BCUT2D eigenvalue weighted by Gasteiger charge is -2.18. The van der Waals surface area contributed by atoms with Crippen LogP contribution in [0, 0.1) is 0 Å². The van der Waals surface area contributed by atoms with Crippen molar-refractivity contribution in [2.45, 2.75) is 12.4 Å². The van der Waals surface area contributed by atoms with Crippen molar-refractivity contribution in [1.29, 1.82) is 0 Å². The zero-order valence-corrected chi connectivity index (χ0v) is 18.5. The van der Waals surface area contributed by atoms with Crippen LogP contribution in [0.15, 0.2) is 97.1 Å². The van der Waals surface area contributed by atoms with E-state index in [1.165, 1.54) is 24.3 Å². The Labute approximate surface area is 201 Å². The van der Waals surface area contributed by atoms with E-state index >= 15 is 0 Å². The van der Waals surface area contributed by atoms with Gasteiger partial charge in [-0.1, -0.05) is 60.7 Å². The molecule has 0 nitrogen and oxygen atoms in total. The van der Waals surface area contributed by atoms with Crippen molar-refractivity contribution in [2.75, 3.05) is 0 Å². The van der Waals surface area contributed by atoms with Crippen LogP contribution >= 0.6 is 0 Å². The largest absolute Gasteiger partial charge is 0.416 e. The Morgan fingerprint density at radius 2 is 0.806 bits per heavy atom. The molecule has 0 aliphatic heterocycles. The van der Waals surface area contributed by atoms with E-state index in [0.29, 0.717) is 11.1 Å². The summed E-state index contributed by atoms with van der Waals surface area (Å²) < 4.78 is 78.7. The molecule has 0 aliphatic carbocycles.